The lowest BCUT2D eigenvalue weighted by Crippen LogP contribution is -2.32. The van der Waals surface area contributed by atoms with E-state index < -0.39 is 0 Å². The van der Waals surface area contributed by atoms with Crippen molar-refractivity contribution >= 4 is 24.0 Å². The van der Waals surface area contributed by atoms with Crippen LogP contribution in [0, 0.1) is 5.92 Å². The minimum atomic E-state index is 0. The lowest BCUT2D eigenvalue weighted by molar-refractivity contribution is -0.118. The van der Waals surface area contributed by atoms with Gasteiger partial charge in [-0.1, -0.05) is 0 Å². The van der Waals surface area contributed by atoms with E-state index in [1.807, 2.05) is 36.1 Å². The fourth-order valence-corrected chi connectivity index (χ4v) is 2.90. The molecule has 5 heteroatoms. The van der Waals surface area contributed by atoms with Crippen LogP contribution >= 0.6 is 12.4 Å². The number of amides is 1. The molecule has 4 nitrogen and oxygen atoms in total. The van der Waals surface area contributed by atoms with Crippen molar-refractivity contribution in [3.8, 4) is 5.75 Å². The number of hydrogen-bond acceptors (Lipinski definition) is 3. The molecule has 1 heterocycles. The molecular weight excluding hydrogens is 300 g/mol. The van der Waals surface area contributed by atoms with E-state index in [9.17, 15) is 4.79 Å². The van der Waals surface area contributed by atoms with Gasteiger partial charge < -0.3 is 15.0 Å². The Morgan fingerprint density at radius 2 is 1.91 bits per heavy atom. The SMILES string of the molecule is CCN(C(=O)CCC1CCNCC1)c1ccc(OC)cc1.Cl. The third-order valence-electron chi connectivity index (χ3n) is 4.23. The van der Waals surface area contributed by atoms with Gasteiger partial charge in [0, 0.05) is 18.7 Å². The average molecular weight is 327 g/mol. The van der Waals surface area contributed by atoms with Crippen LogP contribution in [0.5, 0.6) is 5.75 Å². The van der Waals surface area contributed by atoms with Gasteiger partial charge in [0.1, 0.15) is 5.75 Å². The van der Waals surface area contributed by atoms with Gasteiger partial charge in [0.05, 0.1) is 7.11 Å². The van der Waals surface area contributed by atoms with Gasteiger partial charge in [0.15, 0.2) is 0 Å². The standard InChI is InChI=1S/C17H26N2O2.ClH/c1-3-19(15-5-7-16(21-2)8-6-15)17(20)9-4-14-10-12-18-13-11-14;/h5-8,14,18H,3-4,9-13H2,1-2H3;1H. The summed E-state index contributed by atoms with van der Waals surface area (Å²) < 4.78 is 5.16. The van der Waals surface area contributed by atoms with Crippen molar-refractivity contribution in [3.63, 3.8) is 0 Å². The molecule has 1 amide bonds. The fraction of sp³-hybridized carbons (Fsp3) is 0.588. The number of piperidine rings is 1. The average Bonchev–Trinajstić information content (AvgIpc) is 2.55. The van der Waals surface area contributed by atoms with Crippen molar-refractivity contribution in [1.29, 1.82) is 0 Å². The van der Waals surface area contributed by atoms with Gasteiger partial charge in [0.25, 0.3) is 0 Å². The minimum Gasteiger partial charge on any atom is -0.497 e. The number of halogens is 1. The molecule has 22 heavy (non-hydrogen) atoms. The Morgan fingerprint density at radius 3 is 2.45 bits per heavy atom. The highest BCUT2D eigenvalue weighted by molar-refractivity contribution is 5.93. The fourth-order valence-electron chi connectivity index (χ4n) is 2.90. The highest BCUT2D eigenvalue weighted by Gasteiger charge is 2.18. The van der Waals surface area contributed by atoms with Crippen molar-refractivity contribution in [2.24, 2.45) is 5.92 Å². The Kier molecular flexibility index (Phi) is 8.28. The molecule has 1 aromatic rings. The molecule has 0 bridgehead atoms. The van der Waals surface area contributed by atoms with E-state index in [0.29, 0.717) is 18.9 Å². The highest BCUT2D eigenvalue weighted by atomic mass is 35.5. The number of rotatable bonds is 6. The van der Waals surface area contributed by atoms with Crippen molar-refractivity contribution < 1.29 is 9.53 Å². The first kappa shape index (κ1) is 18.8. The first-order chi connectivity index (χ1) is 10.2. The van der Waals surface area contributed by atoms with Gasteiger partial charge in [-0.2, -0.15) is 0 Å². The van der Waals surface area contributed by atoms with Gasteiger partial charge in [-0.05, 0) is 69.5 Å². The summed E-state index contributed by atoms with van der Waals surface area (Å²) in [5.74, 6) is 1.74. The van der Waals surface area contributed by atoms with Crippen LogP contribution in [-0.4, -0.2) is 32.7 Å². The third-order valence-corrected chi connectivity index (χ3v) is 4.23. The molecule has 0 radical (unpaired) electrons. The summed E-state index contributed by atoms with van der Waals surface area (Å²) in [5, 5.41) is 3.37. The molecule has 0 aliphatic carbocycles. The molecule has 0 saturated carbocycles. The number of anilines is 1. The number of carbonyl (C=O) groups is 1. The van der Waals surface area contributed by atoms with Gasteiger partial charge >= 0.3 is 0 Å². The monoisotopic (exact) mass is 326 g/mol. The van der Waals surface area contributed by atoms with Gasteiger partial charge in [-0.15, -0.1) is 12.4 Å². The summed E-state index contributed by atoms with van der Waals surface area (Å²) in [6.45, 7) is 4.91. The third kappa shape index (κ3) is 5.18. The smallest absolute Gasteiger partial charge is 0.226 e. The number of hydrogen-bond donors (Lipinski definition) is 1. The van der Waals surface area contributed by atoms with Crippen molar-refractivity contribution in [2.75, 3.05) is 31.6 Å². The van der Waals surface area contributed by atoms with E-state index in [2.05, 4.69) is 5.32 Å². The summed E-state index contributed by atoms with van der Waals surface area (Å²) >= 11 is 0. The Bertz CT molecular complexity index is 444. The van der Waals surface area contributed by atoms with Crippen LogP contribution in [0.1, 0.15) is 32.6 Å². The number of benzene rings is 1. The summed E-state index contributed by atoms with van der Waals surface area (Å²) in [5.41, 5.74) is 0.952. The predicted octanol–water partition coefficient (Wildman–Crippen LogP) is 3.25. The van der Waals surface area contributed by atoms with Gasteiger partial charge in [0.2, 0.25) is 5.91 Å². The first-order valence-corrected chi connectivity index (χ1v) is 7.89. The van der Waals surface area contributed by atoms with Crippen LogP contribution in [-0.2, 0) is 4.79 Å². The minimum absolute atomic E-state index is 0. The molecule has 1 aliphatic rings. The van der Waals surface area contributed by atoms with Crippen LogP contribution in [0.4, 0.5) is 5.69 Å². The van der Waals surface area contributed by atoms with Crippen LogP contribution in [0.2, 0.25) is 0 Å². The zero-order chi connectivity index (χ0) is 15.1. The van der Waals surface area contributed by atoms with Crippen molar-refractivity contribution in [3.05, 3.63) is 24.3 Å². The molecule has 1 N–H and O–H groups in total. The van der Waals surface area contributed by atoms with Crippen molar-refractivity contribution in [1.82, 2.24) is 5.32 Å². The molecule has 0 aromatic heterocycles. The van der Waals surface area contributed by atoms with Crippen LogP contribution in [0.15, 0.2) is 24.3 Å². The van der Waals surface area contributed by atoms with Gasteiger partial charge in [-0.25, -0.2) is 0 Å². The topological polar surface area (TPSA) is 41.6 Å². The molecule has 0 unspecified atom stereocenters. The maximum absolute atomic E-state index is 12.5. The Hall–Kier alpha value is -1.26. The van der Waals surface area contributed by atoms with E-state index >= 15 is 0 Å². The van der Waals surface area contributed by atoms with E-state index in [0.717, 1.165) is 30.9 Å². The summed E-state index contributed by atoms with van der Waals surface area (Å²) in [6.07, 6.45) is 4.04. The molecule has 0 atom stereocenters. The number of nitrogens with zero attached hydrogens (tertiary/aromatic N) is 1. The lowest BCUT2D eigenvalue weighted by Gasteiger charge is -2.25. The summed E-state index contributed by atoms with van der Waals surface area (Å²) in [7, 11) is 1.65. The quantitative estimate of drug-likeness (QED) is 0.872. The Labute approximate surface area is 139 Å². The Morgan fingerprint density at radius 1 is 1.27 bits per heavy atom. The van der Waals surface area contributed by atoms with Gasteiger partial charge in [-0.3, -0.25) is 4.79 Å². The summed E-state index contributed by atoms with van der Waals surface area (Å²) in [6, 6.07) is 7.70. The number of ether oxygens (including phenoxy) is 1. The molecule has 1 aromatic carbocycles. The molecule has 2 rings (SSSR count). The van der Waals surface area contributed by atoms with Crippen LogP contribution in [0.3, 0.4) is 0 Å². The molecular formula is C17H27ClN2O2. The van der Waals surface area contributed by atoms with E-state index in [1.54, 1.807) is 7.11 Å². The summed E-state index contributed by atoms with van der Waals surface area (Å²) in [4.78, 5) is 14.3. The van der Waals surface area contributed by atoms with E-state index in [1.165, 1.54) is 12.8 Å². The zero-order valence-corrected chi connectivity index (χ0v) is 14.3. The Balaban J connectivity index is 0.00000242. The zero-order valence-electron chi connectivity index (χ0n) is 13.5. The molecule has 1 saturated heterocycles. The maximum atomic E-state index is 12.5. The van der Waals surface area contributed by atoms with Crippen LogP contribution < -0.4 is 15.0 Å². The van der Waals surface area contributed by atoms with Crippen LogP contribution in [0.25, 0.3) is 0 Å². The lowest BCUT2D eigenvalue weighted by atomic mass is 9.93. The second-order valence-electron chi connectivity index (χ2n) is 5.57. The van der Waals surface area contributed by atoms with Crippen molar-refractivity contribution in [2.45, 2.75) is 32.6 Å². The molecule has 1 aliphatic heterocycles. The molecule has 124 valence electrons. The first-order valence-electron chi connectivity index (χ1n) is 7.89. The highest BCUT2D eigenvalue weighted by Crippen LogP contribution is 2.22. The normalized spacial score (nSPS) is 15.0. The predicted molar refractivity (Wildman–Crippen MR) is 93.1 cm³/mol. The molecule has 0 spiro atoms. The number of carbonyl (C=O) groups excluding carboxylic acids is 1. The maximum Gasteiger partial charge on any atom is 0.226 e. The number of nitrogens with one attached hydrogen (secondary N) is 1. The number of methoxy groups -OCH3 is 1. The second kappa shape index (κ2) is 9.70. The van der Waals surface area contributed by atoms with E-state index in [-0.39, 0.29) is 18.3 Å². The molecule has 1 fully saturated rings. The van der Waals surface area contributed by atoms with E-state index in [4.69, 9.17) is 4.74 Å². The second-order valence-corrected chi connectivity index (χ2v) is 5.57. The largest absolute Gasteiger partial charge is 0.497 e.